The summed E-state index contributed by atoms with van der Waals surface area (Å²) in [5.74, 6) is 0. The molecular weight excluding hydrogens is 318 g/mol. The van der Waals surface area contributed by atoms with E-state index in [9.17, 15) is 0 Å². The third-order valence-corrected chi connectivity index (χ3v) is 4.52. The first-order valence-corrected chi connectivity index (χ1v) is 7.64. The molecular formula is C16H12BrNS. The number of aromatic nitrogens is 1. The fourth-order valence-corrected chi connectivity index (χ4v) is 3.52. The van der Waals surface area contributed by atoms with E-state index in [-0.39, 0.29) is 0 Å². The van der Waals surface area contributed by atoms with Crippen molar-refractivity contribution in [1.29, 1.82) is 0 Å². The summed E-state index contributed by atoms with van der Waals surface area (Å²) < 4.78 is 2.32. The molecule has 0 bridgehead atoms. The first-order valence-electron chi connectivity index (χ1n) is 6.03. The number of nitrogens with zero attached hydrogens (tertiary/aromatic N) is 1. The Balaban J connectivity index is 2.17. The Morgan fingerprint density at radius 1 is 1.21 bits per heavy atom. The minimum Gasteiger partial charge on any atom is -0.236 e. The Morgan fingerprint density at radius 2 is 2.05 bits per heavy atom. The largest absolute Gasteiger partial charge is 0.236 e. The third kappa shape index (κ3) is 2.48. The van der Waals surface area contributed by atoms with Crippen molar-refractivity contribution >= 4 is 37.5 Å². The zero-order valence-corrected chi connectivity index (χ0v) is 12.7. The van der Waals surface area contributed by atoms with Crippen molar-refractivity contribution in [1.82, 2.24) is 4.98 Å². The summed E-state index contributed by atoms with van der Waals surface area (Å²) in [6.45, 7) is 3.83. The molecule has 3 aromatic rings. The summed E-state index contributed by atoms with van der Waals surface area (Å²) in [5.41, 5.74) is 3.52. The topological polar surface area (TPSA) is 12.9 Å². The maximum atomic E-state index is 4.72. The fourth-order valence-electron chi connectivity index (χ4n) is 2.08. The van der Waals surface area contributed by atoms with Gasteiger partial charge in [0.1, 0.15) is 5.01 Å². The Bertz CT molecular complexity index is 712. The van der Waals surface area contributed by atoms with E-state index in [1.165, 1.54) is 15.8 Å². The van der Waals surface area contributed by atoms with Gasteiger partial charge in [-0.25, -0.2) is 4.98 Å². The highest BCUT2D eigenvalue weighted by atomic mass is 79.9. The molecule has 1 aromatic heterocycles. The van der Waals surface area contributed by atoms with Gasteiger partial charge in [-0.15, -0.1) is 17.9 Å². The van der Waals surface area contributed by atoms with E-state index in [1.807, 2.05) is 12.1 Å². The molecule has 3 heteroatoms. The minimum atomic E-state index is 0.852. The van der Waals surface area contributed by atoms with Gasteiger partial charge in [0.2, 0.25) is 0 Å². The van der Waals surface area contributed by atoms with Crippen LogP contribution >= 0.6 is 27.3 Å². The summed E-state index contributed by atoms with van der Waals surface area (Å²) in [6.07, 6.45) is 2.78. The second kappa shape index (κ2) is 5.27. The zero-order valence-electron chi connectivity index (χ0n) is 10.3. The number of hydrogen-bond donors (Lipinski definition) is 0. The molecule has 0 aliphatic carbocycles. The highest BCUT2D eigenvalue weighted by molar-refractivity contribution is 9.10. The van der Waals surface area contributed by atoms with E-state index in [4.69, 9.17) is 4.98 Å². The van der Waals surface area contributed by atoms with Gasteiger partial charge < -0.3 is 0 Å². The van der Waals surface area contributed by atoms with Gasteiger partial charge in [-0.05, 0) is 36.2 Å². The fraction of sp³-hybridized carbons (Fsp3) is 0.0625. The van der Waals surface area contributed by atoms with Gasteiger partial charge in [0.25, 0.3) is 0 Å². The molecule has 3 rings (SSSR count). The predicted octanol–water partition coefficient (Wildman–Crippen LogP) is 5.45. The number of thiazole rings is 1. The smallest absolute Gasteiger partial charge is 0.124 e. The van der Waals surface area contributed by atoms with Gasteiger partial charge >= 0.3 is 0 Å². The number of allylic oxidation sites excluding steroid dienone is 1. The van der Waals surface area contributed by atoms with Crippen LogP contribution in [0.5, 0.6) is 0 Å². The van der Waals surface area contributed by atoms with Gasteiger partial charge in [0.05, 0.1) is 10.2 Å². The van der Waals surface area contributed by atoms with Crippen molar-refractivity contribution in [3.05, 3.63) is 65.2 Å². The summed E-state index contributed by atoms with van der Waals surface area (Å²) in [7, 11) is 0. The number of fused-ring (bicyclic) bond motifs is 1. The second-order valence-corrected chi connectivity index (χ2v) is 6.23. The molecule has 0 amide bonds. The van der Waals surface area contributed by atoms with Gasteiger partial charge in [-0.2, -0.15) is 0 Å². The van der Waals surface area contributed by atoms with Gasteiger partial charge in [-0.3, -0.25) is 0 Å². The van der Waals surface area contributed by atoms with Crippen molar-refractivity contribution < 1.29 is 0 Å². The van der Waals surface area contributed by atoms with Crippen LogP contribution in [0.25, 0.3) is 20.8 Å². The molecule has 0 spiro atoms. The number of para-hydroxylation sites is 1. The molecule has 19 heavy (non-hydrogen) atoms. The standard InChI is InChI=1S/C16H12BrNS/c1-2-5-11-10-12(17)8-9-13(11)16-18-14-6-3-4-7-15(14)19-16/h2-4,6-10H,1,5H2. The van der Waals surface area contributed by atoms with Gasteiger partial charge in [-0.1, -0.05) is 40.2 Å². The molecule has 0 aliphatic rings. The Hall–Kier alpha value is -1.45. The third-order valence-electron chi connectivity index (χ3n) is 2.96. The van der Waals surface area contributed by atoms with Crippen molar-refractivity contribution in [3.63, 3.8) is 0 Å². The number of rotatable bonds is 3. The van der Waals surface area contributed by atoms with Crippen LogP contribution in [0.4, 0.5) is 0 Å². The second-order valence-electron chi connectivity index (χ2n) is 4.28. The van der Waals surface area contributed by atoms with E-state index in [1.54, 1.807) is 11.3 Å². The highest BCUT2D eigenvalue weighted by Crippen LogP contribution is 2.33. The first kappa shape index (κ1) is 12.6. The van der Waals surface area contributed by atoms with Crippen LogP contribution in [-0.4, -0.2) is 4.98 Å². The van der Waals surface area contributed by atoms with Crippen LogP contribution < -0.4 is 0 Å². The molecule has 0 atom stereocenters. The van der Waals surface area contributed by atoms with Crippen molar-refractivity contribution in [2.24, 2.45) is 0 Å². The normalized spacial score (nSPS) is 10.8. The van der Waals surface area contributed by atoms with Crippen LogP contribution in [0.1, 0.15) is 5.56 Å². The highest BCUT2D eigenvalue weighted by Gasteiger charge is 2.10. The van der Waals surface area contributed by atoms with Gasteiger partial charge in [0.15, 0.2) is 0 Å². The molecule has 0 saturated carbocycles. The average molecular weight is 330 g/mol. The van der Waals surface area contributed by atoms with Crippen LogP contribution in [0.15, 0.2) is 59.6 Å². The molecule has 2 aromatic carbocycles. The minimum absolute atomic E-state index is 0.852. The van der Waals surface area contributed by atoms with E-state index < -0.39 is 0 Å². The van der Waals surface area contributed by atoms with Crippen LogP contribution in [0, 0.1) is 0 Å². The van der Waals surface area contributed by atoms with E-state index in [0.29, 0.717) is 0 Å². The molecule has 94 valence electrons. The molecule has 0 fully saturated rings. The molecule has 0 N–H and O–H groups in total. The summed E-state index contributed by atoms with van der Waals surface area (Å²) >= 11 is 5.26. The average Bonchev–Trinajstić information content (AvgIpc) is 2.82. The van der Waals surface area contributed by atoms with Crippen LogP contribution in [0.3, 0.4) is 0 Å². The van der Waals surface area contributed by atoms with E-state index >= 15 is 0 Å². The molecule has 0 radical (unpaired) electrons. The number of halogens is 1. The van der Waals surface area contributed by atoms with Crippen molar-refractivity contribution in [2.75, 3.05) is 0 Å². The molecule has 1 nitrogen and oxygen atoms in total. The maximum Gasteiger partial charge on any atom is 0.124 e. The molecule has 0 unspecified atom stereocenters. The van der Waals surface area contributed by atoms with Crippen molar-refractivity contribution in [3.8, 4) is 10.6 Å². The number of hydrogen-bond acceptors (Lipinski definition) is 2. The first-order chi connectivity index (χ1) is 9.28. The Labute approximate surface area is 124 Å². The lowest BCUT2D eigenvalue weighted by Gasteiger charge is -2.05. The van der Waals surface area contributed by atoms with E-state index in [0.717, 1.165) is 21.4 Å². The molecule has 0 aliphatic heterocycles. The SMILES string of the molecule is C=CCc1cc(Br)ccc1-c1nc2ccccc2s1. The van der Waals surface area contributed by atoms with Crippen LogP contribution in [-0.2, 0) is 6.42 Å². The Morgan fingerprint density at radius 3 is 2.84 bits per heavy atom. The molecule has 1 heterocycles. The quantitative estimate of drug-likeness (QED) is 0.582. The predicted molar refractivity (Wildman–Crippen MR) is 86.7 cm³/mol. The zero-order chi connectivity index (χ0) is 13.2. The maximum absolute atomic E-state index is 4.72. The lowest BCUT2D eigenvalue weighted by Crippen LogP contribution is -1.87. The van der Waals surface area contributed by atoms with Gasteiger partial charge in [0, 0.05) is 10.0 Å². The van der Waals surface area contributed by atoms with E-state index in [2.05, 4.69) is 58.9 Å². The monoisotopic (exact) mass is 329 g/mol. The molecule has 0 saturated heterocycles. The lowest BCUT2D eigenvalue weighted by atomic mass is 10.1. The van der Waals surface area contributed by atoms with Crippen molar-refractivity contribution in [2.45, 2.75) is 6.42 Å². The number of benzene rings is 2. The summed E-state index contributed by atoms with van der Waals surface area (Å²) in [5, 5.41) is 1.07. The summed E-state index contributed by atoms with van der Waals surface area (Å²) in [4.78, 5) is 4.72. The summed E-state index contributed by atoms with van der Waals surface area (Å²) in [6, 6.07) is 14.6. The Kier molecular flexibility index (Phi) is 3.49. The van der Waals surface area contributed by atoms with Crippen LogP contribution in [0.2, 0.25) is 0 Å². The lowest BCUT2D eigenvalue weighted by molar-refractivity contribution is 1.26.